The van der Waals surface area contributed by atoms with Gasteiger partial charge in [0.05, 0.1) is 17.2 Å². The van der Waals surface area contributed by atoms with Gasteiger partial charge in [-0.15, -0.1) is 0 Å². The van der Waals surface area contributed by atoms with Crippen LogP contribution in [0.4, 0.5) is 4.39 Å². The zero-order valence-electron chi connectivity index (χ0n) is 14.6. The van der Waals surface area contributed by atoms with Crippen LogP contribution in [-0.4, -0.2) is 19.6 Å². The Morgan fingerprint density at radius 2 is 1.89 bits per heavy atom. The number of hydrogen-bond acceptors (Lipinski definition) is 4. The van der Waals surface area contributed by atoms with Gasteiger partial charge in [0.2, 0.25) is 0 Å². The number of nitrogens with one attached hydrogen (secondary N) is 1. The third kappa shape index (κ3) is 5.62. The minimum absolute atomic E-state index is 0.0287. The van der Waals surface area contributed by atoms with Crippen molar-refractivity contribution in [3.8, 4) is 11.5 Å². The van der Waals surface area contributed by atoms with Crippen LogP contribution in [0.5, 0.6) is 11.5 Å². The van der Waals surface area contributed by atoms with E-state index in [4.69, 9.17) is 50.0 Å². The van der Waals surface area contributed by atoms with Gasteiger partial charge in [0.25, 0.3) is 5.91 Å². The zero-order valence-corrected chi connectivity index (χ0v) is 16.9. The van der Waals surface area contributed by atoms with Gasteiger partial charge in [0.15, 0.2) is 18.1 Å². The van der Waals surface area contributed by atoms with E-state index < -0.39 is 11.7 Å². The van der Waals surface area contributed by atoms with Crippen molar-refractivity contribution in [1.29, 1.82) is 0 Å². The minimum Gasteiger partial charge on any atom is -0.493 e. The van der Waals surface area contributed by atoms with E-state index in [-0.39, 0.29) is 28.4 Å². The maximum Gasteiger partial charge on any atom is 0.255 e. The summed E-state index contributed by atoms with van der Waals surface area (Å²) in [7, 11) is 1.46. The Hall–Kier alpha value is -1.73. The lowest BCUT2D eigenvalue weighted by Crippen LogP contribution is -2.21. The standard InChI is InChI=1S/C18H18Cl3FN2O3/c1-9(11-5-15(22)13(20)6-12(11)19)24-7-10-3-14(21)18(16(4-10)26-2)27-8-17(23)25/h3-6,9,24H,7-8H2,1-2H3,(H2,23,25). The van der Waals surface area contributed by atoms with Crippen LogP contribution < -0.4 is 20.5 Å². The first kappa shape index (κ1) is 21.6. The molecule has 1 atom stereocenters. The lowest BCUT2D eigenvalue weighted by molar-refractivity contribution is -0.119. The van der Waals surface area contributed by atoms with Crippen LogP contribution in [0, 0.1) is 5.82 Å². The number of primary amides is 1. The molecule has 0 aliphatic rings. The second kappa shape index (κ2) is 9.46. The molecule has 0 saturated heterocycles. The Balaban J connectivity index is 2.14. The highest BCUT2D eigenvalue weighted by Crippen LogP contribution is 2.36. The number of halogens is 4. The molecule has 0 heterocycles. The number of amides is 1. The highest BCUT2D eigenvalue weighted by molar-refractivity contribution is 6.35. The molecule has 0 aliphatic heterocycles. The molecule has 0 aliphatic carbocycles. The highest BCUT2D eigenvalue weighted by atomic mass is 35.5. The molecule has 2 rings (SSSR count). The third-order valence-corrected chi connectivity index (χ3v) is 4.66. The second-order valence-corrected chi connectivity index (χ2v) is 6.98. The van der Waals surface area contributed by atoms with Gasteiger partial charge in [-0.05, 0) is 42.3 Å². The number of benzene rings is 2. The van der Waals surface area contributed by atoms with Crippen molar-refractivity contribution < 1.29 is 18.7 Å². The number of carbonyl (C=O) groups is 1. The van der Waals surface area contributed by atoms with Crippen molar-refractivity contribution in [2.75, 3.05) is 13.7 Å². The fourth-order valence-electron chi connectivity index (χ4n) is 2.41. The summed E-state index contributed by atoms with van der Waals surface area (Å²) < 4.78 is 24.3. The predicted molar refractivity (Wildman–Crippen MR) is 104 cm³/mol. The number of hydrogen-bond donors (Lipinski definition) is 2. The normalized spacial score (nSPS) is 11.9. The molecular formula is C18H18Cl3FN2O3. The van der Waals surface area contributed by atoms with Gasteiger partial charge in [-0.2, -0.15) is 0 Å². The molecule has 0 saturated carbocycles. The number of methoxy groups -OCH3 is 1. The van der Waals surface area contributed by atoms with E-state index in [0.717, 1.165) is 5.56 Å². The SMILES string of the molecule is COc1cc(CNC(C)c2cc(F)c(Cl)cc2Cl)cc(Cl)c1OCC(N)=O. The quantitative estimate of drug-likeness (QED) is 0.598. The molecule has 146 valence electrons. The summed E-state index contributed by atoms with van der Waals surface area (Å²) in [6.07, 6.45) is 0. The van der Waals surface area contributed by atoms with E-state index >= 15 is 0 Å². The van der Waals surface area contributed by atoms with Crippen LogP contribution in [0.25, 0.3) is 0 Å². The van der Waals surface area contributed by atoms with E-state index in [9.17, 15) is 9.18 Å². The maximum atomic E-state index is 13.7. The van der Waals surface area contributed by atoms with Gasteiger partial charge < -0.3 is 20.5 Å². The third-order valence-electron chi connectivity index (χ3n) is 3.77. The molecule has 0 spiro atoms. The van der Waals surface area contributed by atoms with Gasteiger partial charge in [-0.25, -0.2) is 4.39 Å². The first-order valence-electron chi connectivity index (χ1n) is 7.88. The number of carbonyl (C=O) groups excluding carboxylic acids is 1. The number of ether oxygens (including phenoxy) is 2. The van der Waals surface area contributed by atoms with Crippen molar-refractivity contribution in [2.45, 2.75) is 19.5 Å². The van der Waals surface area contributed by atoms with Crippen molar-refractivity contribution in [3.05, 3.63) is 56.3 Å². The first-order chi connectivity index (χ1) is 12.7. The van der Waals surface area contributed by atoms with Crippen molar-refractivity contribution in [2.24, 2.45) is 5.73 Å². The second-order valence-electron chi connectivity index (χ2n) is 5.75. The molecule has 2 aromatic rings. The van der Waals surface area contributed by atoms with Crippen molar-refractivity contribution in [1.82, 2.24) is 5.32 Å². The molecule has 3 N–H and O–H groups in total. The summed E-state index contributed by atoms with van der Waals surface area (Å²) >= 11 is 18.1. The molecule has 5 nitrogen and oxygen atoms in total. The van der Waals surface area contributed by atoms with Crippen LogP contribution in [-0.2, 0) is 11.3 Å². The molecule has 27 heavy (non-hydrogen) atoms. The average Bonchev–Trinajstić information content (AvgIpc) is 2.61. The van der Waals surface area contributed by atoms with E-state index in [1.54, 1.807) is 12.1 Å². The summed E-state index contributed by atoms with van der Waals surface area (Å²) in [5, 5.41) is 3.84. The largest absolute Gasteiger partial charge is 0.493 e. The van der Waals surface area contributed by atoms with Gasteiger partial charge in [-0.1, -0.05) is 34.8 Å². The molecule has 0 radical (unpaired) electrons. The molecule has 0 fully saturated rings. The Morgan fingerprint density at radius 3 is 2.52 bits per heavy atom. The Labute approximate surface area is 171 Å². The molecule has 0 aromatic heterocycles. The van der Waals surface area contributed by atoms with Crippen molar-refractivity contribution >= 4 is 40.7 Å². The molecule has 2 aromatic carbocycles. The lowest BCUT2D eigenvalue weighted by atomic mass is 10.1. The van der Waals surface area contributed by atoms with E-state index in [2.05, 4.69) is 5.32 Å². The maximum absolute atomic E-state index is 13.7. The minimum atomic E-state index is -0.625. The molecule has 1 unspecified atom stereocenters. The summed E-state index contributed by atoms with van der Waals surface area (Å²) in [5.41, 5.74) is 6.45. The van der Waals surface area contributed by atoms with Gasteiger partial charge in [0, 0.05) is 17.6 Å². The fraction of sp³-hybridized carbons (Fsp3) is 0.278. The summed E-state index contributed by atoms with van der Waals surface area (Å²) in [4.78, 5) is 10.9. The van der Waals surface area contributed by atoms with Gasteiger partial charge in [0.1, 0.15) is 5.82 Å². The van der Waals surface area contributed by atoms with Crippen LogP contribution >= 0.6 is 34.8 Å². The Morgan fingerprint density at radius 1 is 1.19 bits per heavy atom. The predicted octanol–water partition coefficient (Wildman–Crippen LogP) is 4.51. The Bertz CT molecular complexity index is 849. The van der Waals surface area contributed by atoms with Gasteiger partial charge >= 0.3 is 0 Å². The fourth-order valence-corrected chi connectivity index (χ4v) is 3.24. The van der Waals surface area contributed by atoms with E-state index in [0.29, 0.717) is 22.9 Å². The van der Waals surface area contributed by atoms with Crippen LogP contribution in [0.1, 0.15) is 24.1 Å². The van der Waals surface area contributed by atoms with Crippen molar-refractivity contribution in [3.63, 3.8) is 0 Å². The van der Waals surface area contributed by atoms with E-state index in [1.807, 2.05) is 6.92 Å². The van der Waals surface area contributed by atoms with E-state index in [1.165, 1.54) is 19.2 Å². The smallest absolute Gasteiger partial charge is 0.255 e. The first-order valence-corrected chi connectivity index (χ1v) is 9.01. The summed E-state index contributed by atoms with van der Waals surface area (Å²) in [6, 6.07) is 5.81. The molecule has 9 heteroatoms. The lowest BCUT2D eigenvalue weighted by Gasteiger charge is -2.18. The molecular weight excluding hydrogens is 418 g/mol. The summed E-state index contributed by atoms with van der Waals surface area (Å²) in [5.74, 6) is -0.563. The average molecular weight is 436 g/mol. The highest BCUT2D eigenvalue weighted by Gasteiger charge is 2.16. The number of rotatable bonds is 8. The molecule has 0 bridgehead atoms. The monoisotopic (exact) mass is 434 g/mol. The Kier molecular flexibility index (Phi) is 7.56. The van der Waals surface area contributed by atoms with Crippen LogP contribution in [0.15, 0.2) is 24.3 Å². The zero-order chi connectivity index (χ0) is 20.1. The van der Waals surface area contributed by atoms with Gasteiger partial charge in [-0.3, -0.25) is 4.79 Å². The number of nitrogens with two attached hydrogens (primary N) is 1. The molecule has 1 amide bonds. The van der Waals surface area contributed by atoms with Crippen LogP contribution in [0.2, 0.25) is 15.1 Å². The topological polar surface area (TPSA) is 73.6 Å². The summed E-state index contributed by atoms with van der Waals surface area (Å²) in [6.45, 7) is 1.93. The van der Waals surface area contributed by atoms with Crippen LogP contribution in [0.3, 0.4) is 0 Å².